The maximum Gasteiger partial charge on any atom is 0.119 e. The van der Waals surface area contributed by atoms with E-state index in [1.165, 1.54) is 12.8 Å². The second-order valence-corrected chi connectivity index (χ2v) is 4.51. The standard InChI is InChI=1S/C13H20OS/c1-3-11(2)5-4-10-14-12-6-8-13(15)9-7-12/h6-9,11,15H,3-5,10H2,1-2H3/t11-/m0/s1. The lowest BCUT2D eigenvalue weighted by molar-refractivity contribution is 0.294. The van der Waals surface area contributed by atoms with Crippen LogP contribution >= 0.6 is 12.6 Å². The highest BCUT2D eigenvalue weighted by Gasteiger charge is 1.98. The average molecular weight is 224 g/mol. The highest BCUT2D eigenvalue weighted by Crippen LogP contribution is 2.15. The van der Waals surface area contributed by atoms with Crippen LogP contribution in [0.2, 0.25) is 0 Å². The predicted molar refractivity (Wildman–Crippen MR) is 67.9 cm³/mol. The maximum absolute atomic E-state index is 5.62. The van der Waals surface area contributed by atoms with E-state index in [1.807, 2.05) is 24.3 Å². The molecule has 0 bridgehead atoms. The molecule has 0 aliphatic carbocycles. The van der Waals surface area contributed by atoms with Crippen molar-refractivity contribution in [2.75, 3.05) is 6.61 Å². The van der Waals surface area contributed by atoms with Gasteiger partial charge < -0.3 is 4.74 Å². The number of thiol groups is 1. The van der Waals surface area contributed by atoms with Gasteiger partial charge in [-0.1, -0.05) is 20.3 Å². The van der Waals surface area contributed by atoms with E-state index in [1.54, 1.807) is 0 Å². The topological polar surface area (TPSA) is 9.23 Å². The SMILES string of the molecule is CC[C@H](C)CCCOc1ccc(S)cc1. The minimum Gasteiger partial charge on any atom is -0.494 e. The zero-order valence-electron chi connectivity index (χ0n) is 9.57. The molecule has 2 heteroatoms. The lowest BCUT2D eigenvalue weighted by Gasteiger charge is -2.09. The van der Waals surface area contributed by atoms with E-state index in [0.717, 1.165) is 29.6 Å². The van der Waals surface area contributed by atoms with Gasteiger partial charge in [0.25, 0.3) is 0 Å². The summed E-state index contributed by atoms with van der Waals surface area (Å²) < 4.78 is 5.62. The van der Waals surface area contributed by atoms with E-state index in [-0.39, 0.29) is 0 Å². The van der Waals surface area contributed by atoms with Crippen molar-refractivity contribution >= 4 is 12.6 Å². The van der Waals surface area contributed by atoms with Crippen molar-refractivity contribution in [1.82, 2.24) is 0 Å². The first-order valence-corrected chi connectivity index (χ1v) is 6.09. The molecule has 84 valence electrons. The minimum atomic E-state index is 0.813. The Hall–Kier alpha value is -0.630. The van der Waals surface area contributed by atoms with Crippen LogP contribution in [0.5, 0.6) is 5.75 Å². The van der Waals surface area contributed by atoms with Gasteiger partial charge in [0.2, 0.25) is 0 Å². The van der Waals surface area contributed by atoms with Crippen molar-refractivity contribution in [2.45, 2.75) is 38.0 Å². The molecule has 15 heavy (non-hydrogen) atoms. The van der Waals surface area contributed by atoms with Crippen molar-refractivity contribution in [1.29, 1.82) is 0 Å². The molecule has 0 heterocycles. The summed E-state index contributed by atoms with van der Waals surface area (Å²) >= 11 is 4.23. The Morgan fingerprint density at radius 1 is 1.27 bits per heavy atom. The Morgan fingerprint density at radius 2 is 1.93 bits per heavy atom. The smallest absolute Gasteiger partial charge is 0.119 e. The Kier molecular flexibility index (Phi) is 5.62. The van der Waals surface area contributed by atoms with Gasteiger partial charge in [0.15, 0.2) is 0 Å². The molecule has 1 rings (SSSR count). The van der Waals surface area contributed by atoms with Gasteiger partial charge in [-0.05, 0) is 43.0 Å². The van der Waals surface area contributed by atoms with Crippen molar-refractivity contribution in [3.63, 3.8) is 0 Å². The van der Waals surface area contributed by atoms with Crippen LogP contribution in [-0.2, 0) is 0 Å². The van der Waals surface area contributed by atoms with Gasteiger partial charge >= 0.3 is 0 Å². The molecule has 1 aromatic rings. The predicted octanol–water partition coefficient (Wildman–Crippen LogP) is 4.18. The number of ether oxygens (including phenoxy) is 1. The monoisotopic (exact) mass is 224 g/mol. The fourth-order valence-electron chi connectivity index (χ4n) is 1.37. The lowest BCUT2D eigenvalue weighted by Crippen LogP contribution is -2.00. The highest BCUT2D eigenvalue weighted by molar-refractivity contribution is 7.80. The highest BCUT2D eigenvalue weighted by atomic mass is 32.1. The third-order valence-corrected chi connectivity index (χ3v) is 2.94. The van der Waals surface area contributed by atoms with Crippen LogP contribution in [0.1, 0.15) is 33.1 Å². The second-order valence-electron chi connectivity index (χ2n) is 4.00. The molecular weight excluding hydrogens is 204 g/mol. The molecular formula is C13H20OS. The summed E-state index contributed by atoms with van der Waals surface area (Å²) in [4.78, 5) is 0.974. The van der Waals surface area contributed by atoms with Gasteiger partial charge in [-0.25, -0.2) is 0 Å². The Labute approximate surface area is 98.3 Å². The Morgan fingerprint density at radius 3 is 2.53 bits per heavy atom. The van der Waals surface area contributed by atoms with Crippen molar-refractivity contribution < 1.29 is 4.74 Å². The molecule has 0 spiro atoms. The number of benzene rings is 1. The van der Waals surface area contributed by atoms with E-state index in [0.29, 0.717) is 0 Å². The van der Waals surface area contributed by atoms with E-state index >= 15 is 0 Å². The number of hydrogen-bond donors (Lipinski definition) is 1. The van der Waals surface area contributed by atoms with Crippen LogP contribution in [0.4, 0.5) is 0 Å². The zero-order chi connectivity index (χ0) is 11.1. The molecule has 0 aromatic heterocycles. The summed E-state index contributed by atoms with van der Waals surface area (Å²) in [6.07, 6.45) is 3.65. The second kappa shape index (κ2) is 6.78. The van der Waals surface area contributed by atoms with Gasteiger partial charge in [0, 0.05) is 4.90 Å². The normalized spacial score (nSPS) is 12.5. The quantitative estimate of drug-likeness (QED) is 0.563. The van der Waals surface area contributed by atoms with Crippen LogP contribution in [0.3, 0.4) is 0 Å². The largest absolute Gasteiger partial charge is 0.494 e. The first-order valence-electron chi connectivity index (χ1n) is 5.64. The van der Waals surface area contributed by atoms with Gasteiger partial charge in [-0.15, -0.1) is 12.6 Å². The van der Waals surface area contributed by atoms with Crippen molar-refractivity contribution in [3.05, 3.63) is 24.3 Å². The fourth-order valence-corrected chi connectivity index (χ4v) is 1.52. The molecule has 0 aliphatic heterocycles. The molecule has 1 nitrogen and oxygen atoms in total. The third kappa shape index (κ3) is 5.12. The van der Waals surface area contributed by atoms with Crippen LogP contribution in [0.15, 0.2) is 29.2 Å². The molecule has 0 radical (unpaired) electrons. The van der Waals surface area contributed by atoms with Gasteiger partial charge in [-0.3, -0.25) is 0 Å². The van der Waals surface area contributed by atoms with Crippen molar-refractivity contribution in [3.8, 4) is 5.75 Å². The molecule has 0 aliphatic rings. The fraction of sp³-hybridized carbons (Fsp3) is 0.538. The zero-order valence-corrected chi connectivity index (χ0v) is 10.5. The summed E-state index contributed by atoms with van der Waals surface area (Å²) in [6, 6.07) is 7.83. The van der Waals surface area contributed by atoms with Gasteiger partial charge in [-0.2, -0.15) is 0 Å². The molecule has 0 N–H and O–H groups in total. The molecule has 0 amide bonds. The molecule has 1 atom stereocenters. The summed E-state index contributed by atoms with van der Waals surface area (Å²) in [5.41, 5.74) is 0. The molecule has 0 fully saturated rings. The van der Waals surface area contributed by atoms with E-state index in [2.05, 4.69) is 26.5 Å². The number of hydrogen-bond acceptors (Lipinski definition) is 2. The summed E-state index contributed by atoms with van der Waals surface area (Å²) in [5.74, 6) is 1.75. The van der Waals surface area contributed by atoms with Gasteiger partial charge in [0.1, 0.15) is 5.75 Å². The minimum absolute atomic E-state index is 0.813. The van der Waals surface area contributed by atoms with Crippen LogP contribution < -0.4 is 4.74 Å². The molecule has 0 saturated carbocycles. The van der Waals surface area contributed by atoms with E-state index in [9.17, 15) is 0 Å². The Bertz CT molecular complexity index is 268. The molecule has 0 unspecified atom stereocenters. The summed E-state index contributed by atoms with van der Waals surface area (Å²) in [7, 11) is 0. The summed E-state index contributed by atoms with van der Waals surface area (Å²) in [6.45, 7) is 5.34. The average Bonchev–Trinajstić information content (AvgIpc) is 2.26. The first kappa shape index (κ1) is 12.4. The van der Waals surface area contributed by atoms with Crippen molar-refractivity contribution in [2.24, 2.45) is 5.92 Å². The molecule has 1 aromatic carbocycles. The third-order valence-electron chi connectivity index (χ3n) is 2.64. The van der Waals surface area contributed by atoms with Crippen LogP contribution in [0.25, 0.3) is 0 Å². The Balaban J connectivity index is 2.17. The number of rotatable bonds is 6. The summed E-state index contributed by atoms with van der Waals surface area (Å²) in [5, 5.41) is 0. The maximum atomic E-state index is 5.62. The van der Waals surface area contributed by atoms with Crippen LogP contribution in [-0.4, -0.2) is 6.61 Å². The van der Waals surface area contributed by atoms with E-state index in [4.69, 9.17) is 4.74 Å². The van der Waals surface area contributed by atoms with E-state index < -0.39 is 0 Å². The lowest BCUT2D eigenvalue weighted by atomic mass is 10.0. The molecule has 0 saturated heterocycles. The van der Waals surface area contributed by atoms with Crippen LogP contribution in [0, 0.1) is 5.92 Å². The first-order chi connectivity index (χ1) is 7.22. The van der Waals surface area contributed by atoms with Gasteiger partial charge in [0.05, 0.1) is 6.61 Å².